The third-order valence-electron chi connectivity index (χ3n) is 4.91. The third kappa shape index (κ3) is 5.00. The number of carbonyl (C=O) groups is 1. The Balaban J connectivity index is 1.72. The molecule has 2 aromatic rings. The Morgan fingerprint density at radius 3 is 2.28 bits per heavy atom. The summed E-state index contributed by atoms with van der Waals surface area (Å²) in [5.41, 5.74) is 1.24. The molecule has 0 aliphatic carbocycles. The van der Waals surface area contributed by atoms with Gasteiger partial charge in [-0.3, -0.25) is 9.10 Å². The average molecular weight is 440 g/mol. The van der Waals surface area contributed by atoms with E-state index in [1.165, 1.54) is 18.2 Å². The highest BCUT2D eigenvalue weighted by Crippen LogP contribution is 2.25. The van der Waals surface area contributed by atoms with E-state index in [0.717, 1.165) is 16.2 Å². The molecule has 3 rings (SSSR count). The molecular weight excluding hydrogens is 417 g/mol. The van der Waals surface area contributed by atoms with Crippen molar-refractivity contribution in [1.29, 1.82) is 0 Å². The van der Waals surface area contributed by atoms with E-state index >= 15 is 0 Å². The van der Waals surface area contributed by atoms with Gasteiger partial charge in [0.1, 0.15) is 11.9 Å². The maximum absolute atomic E-state index is 13.1. The molecule has 9 heteroatoms. The summed E-state index contributed by atoms with van der Waals surface area (Å²) in [5.74, 6) is -0.563. The number of hydrogen-bond acceptors (Lipinski definition) is 4. The van der Waals surface area contributed by atoms with E-state index in [9.17, 15) is 17.6 Å². The van der Waals surface area contributed by atoms with E-state index in [4.69, 9.17) is 11.6 Å². The average Bonchev–Trinajstić information content (AvgIpc) is 2.67. The van der Waals surface area contributed by atoms with E-state index in [1.54, 1.807) is 42.2 Å². The van der Waals surface area contributed by atoms with Crippen LogP contribution in [0.5, 0.6) is 0 Å². The van der Waals surface area contributed by atoms with Gasteiger partial charge in [-0.1, -0.05) is 17.7 Å². The third-order valence-corrected chi connectivity index (χ3v) is 6.39. The van der Waals surface area contributed by atoms with Crippen molar-refractivity contribution in [3.63, 3.8) is 0 Å². The Morgan fingerprint density at radius 2 is 1.72 bits per heavy atom. The fourth-order valence-corrected chi connectivity index (χ4v) is 4.86. The number of anilines is 2. The molecule has 156 valence electrons. The predicted octanol–water partition coefficient (Wildman–Crippen LogP) is 2.98. The minimum absolute atomic E-state index is 0.269. The molecule has 1 aliphatic rings. The largest absolute Gasteiger partial charge is 0.368 e. The van der Waals surface area contributed by atoms with Gasteiger partial charge >= 0.3 is 0 Å². The van der Waals surface area contributed by atoms with Crippen molar-refractivity contribution < 1.29 is 17.6 Å². The van der Waals surface area contributed by atoms with Gasteiger partial charge < -0.3 is 9.80 Å². The summed E-state index contributed by atoms with van der Waals surface area (Å²) in [6.07, 6.45) is 1.07. The van der Waals surface area contributed by atoms with E-state index < -0.39 is 16.1 Å². The summed E-state index contributed by atoms with van der Waals surface area (Å²) >= 11 is 6.01. The molecule has 1 atom stereocenters. The van der Waals surface area contributed by atoms with Crippen molar-refractivity contribution in [2.45, 2.75) is 13.0 Å². The Kier molecular flexibility index (Phi) is 6.33. The summed E-state index contributed by atoms with van der Waals surface area (Å²) in [6.45, 7) is 3.65. The molecule has 0 spiro atoms. The maximum atomic E-state index is 13.1. The van der Waals surface area contributed by atoms with Crippen LogP contribution in [0.3, 0.4) is 0 Å². The van der Waals surface area contributed by atoms with Crippen molar-refractivity contribution in [3.05, 3.63) is 59.4 Å². The van der Waals surface area contributed by atoms with Gasteiger partial charge in [0.2, 0.25) is 15.9 Å². The highest BCUT2D eigenvalue weighted by atomic mass is 35.5. The zero-order chi connectivity index (χ0) is 21.2. The van der Waals surface area contributed by atoms with Crippen LogP contribution < -0.4 is 9.21 Å². The quantitative estimate of drug-likeness (QED) is 0.718. The molecule has 1 heterocycles. The maximum Gasteiger partial charge on any atom is 0.246 e. The number of halogens is 2. The van der Waals surface area contributed by atoms with E-state index in [0.29, 0.717) is 36.9 Å². The van der Waals surface area contributed by atoms with Crippen LogP contribution in [0.1, 0.15) is 6.92 Å². The SMILES string of the molecule is CC(C(=O)N1CCN(c2ccc(F)cc2)CC1)N(c1cccc(Cl)c1)S(C)(=O)=O. The van der Waals surface area contributed by atoms with Crippen LogP contribution in [0.15, 0.2) is 48.5 Å². The van der Waals surface area contributed by atoms with Crippen molar-refractivity contribution in [2.24, 2.45) is 0 Å². The van der Waals surface area contributed by atoms with Crippen LogP contribution >= 0.6 is 11.6 Å². The highest BCUT2D eigenvalue weighted by molar-refractivity contribution is 7.92. The van der Waals surface area contributed by atoms with Gasteiger partial charge in [-0.2, -0.15) is 0 Å². The number of hydrogen-bond donors (Lipinski definition) is 0. The molecule has 0 aromatic heterocycles. The number of rotatable bonds is 5. The van der Waals surface area contributed by atoms with Crippen LogP contribution in [0.2, 0.25) is 5.02 Å². The molecule has 0 bridgehead atoms. The monoisotopic (exact) mass is 439 g/mol. The molecule has 0 radical (unpaired) electrons. The van der Waals surface area contributed by atoms with Crippen LogP contribution in [0.25, 0.3) is 0 Å². The van der Waals surface area contributed by atoms with Crippen molar-refractivity contribution in [1.82, 2.24) is 4.90 Å². The first kappa shape index (κ1) is 21.4. The minimum atomic E-state index is -3.69. The lowest BCUT2D eigenvalue weighted by molar-refractivity contribution is -0.132. The van der Waals surface area contributed by atoms with Gasteiger partial charge in [0.05, 0.1) is 11.9 Å². The fourth-order valence-electron chi connectivity index (χ4n) is 3.52. The molecule has 1 amide bonds. The number of nitrogens with zero attached hydrogens (tertiary/aromatic N) is 3. The zero-order valence-electron chi connectivity index (χ0n) is 16.3. The first-order valence-corrected chi connectivity index (χ1v) is 11.4. The Bertz CT molecular complexity index is 977. The number of sulfonamides is 1. The lowest BCUT2D eigenvalue weighted by atomic mass is 10.2. The number of benzene rings is 2. The van der Waals surface area contributed by atoms with Gasteiger partial charge in [0.25, 0.3) is 0 Å². The normalized spacial score (nSPS) is 15.9. The molecule has 0 saturated carbocycles. The topological polar surface area (TPSA) is 60.9 Å². The molecule has 6 nitrogen and oxygen atoms in total. The van der Waals surface area contributed by atoms with E-state index in [-0.39, 0.29) is 11.7 Å². The molecule has 1 fully saturated rings. The summed E-state index contributed by atoms with van der Waals surface area (Å²) in [6, 6.07) is 11.8. The van der Waals surface area contributed by atoms with Crippen molar-refractivity contribution in [2.75, 3.05) is 41.6 Å². The number of piperazine rings is 1. The van der Waals surface area contributed by atoms with Gasteiger partial charge in [-0.25, -0.2) is 12.8 Å². The van der Waals surface area contributed by atoms with Crippen LogP contribution in [-0.2, 0) is 14.8 Å². The van der Waals surface area contributed by atoms with E-state index in [1.807, 2.05) is 0 Å². The van der Waals surface area contributed by atoms with Gasteiger partial charge in [-0.15, -0.1) is 0 Å². The molecule has 29 heavy (non-hydrogen) atoms. The second-order valence-corrected chi connectivity index (χ2v) is 9.30. The molecule has 0 N–H and O–H groups in total. The predicted molar refractivity (Wildman–Crippen MR) is 113 cm³/mol. The minimum Gasteiger partial charge on any atom is -0.368 e. The summed E-state index contributed by atoms with van der Waals surface area (Å²) in [4.78, 5) is 16.8. The Labute approximate surface area is 175 Å². The van der Waals surface area contributed by atoms with Crippen molar-refractivity contribution >= 4 is 38.9 Å². The van der Waals surface area contributed by atoms with Gasteiger partial charge in [-0.05, 0) is 49.4 Å². The second-order valence-electron chi connectivity index (χ2n) is 7.00. The summed E-state index contributed by atoms with van der Waals surface area (Å²) in [7, 11) is -3.69. The standard InChI is InChI=1S/C20H23ClFN3O3S/c1-15(25(29(2,27)28)19-5-3-4-16(21)14-19)20(26)24-12-10-23(11-13-24)18-8-6-17(22)7-9-18/h3-9,14-15H,10-13H2,1-2H3. The van der Waals surface area contributed by atoms with Gasteiger partial charge in [0, 0.05) is 36.9 Å². The lowest BCUT2D eigenvalue weighted by Gasteiger charge is -2.39. The zero-order valence-corrected chi connectivity index (χ0v) is 17.8. The smallest absolute Gasteiger partial charge is 0.246 e. The first-order valence-electron chi connectivity index (χ1n) is 9.21. The van der Waals surface area contributed by atoms with Gasteiger partial charge in [0.15, 0.2) is 0 Å². The second kappa shape index (κ2) is 8.59. The summed E-state index contributed by atoms with van der Waals surface area (Å²) in [5, 5.41) is 0.392. The Hall–Kier alpha value is -2.32. The van der Waals surface area contributed by atoms with Crippen molar-refractivity contribution in [3.8, 4) is 0 Å². The molecule has 1 unspecified atom stereocenters. The van der Waals surface area contributed by atoms with Crippen LogP contribution in [0.4, 0.5) is 15.8 Å². The summed E-state index contributed by atoms with van der Waals surface area (Å²) < 4.78 is 39.0. The molecule has 1 aliphatic heterocycles. The molecule has 1 saturated heterocycles. The Morgan fingerprint density at radius 1 is 1.10 bits per heavy atom. The number of carbonyl (C=O) groups excluding carboxylic acids is 1. The van der Waals surface area contributed by atoms with Crippen LogP contribution in [0, 0.1) is 5.82 Å². The molecular formula is C20H23ClFN3O3S. The first-order chi connectivity index (χ1) is 13.7. The lowest BCUT2D eigenvalue weighted by Crippen LogP contribution is -2.55. The fraction of sp³-hybridized carbons (Fsp3) is 0.350. The number of amides is 1. The molecule has 2 aromatic carbocycles. The van der Waals surface area contributed by atoms with E-state index in [2.05, 4.69) is 4.90 Å². The highest BCUT2D eigenvalue weighted by Gasteiger charge is 2.33. The van der Waals surface area contributed by atoms with Crippen LogP contribution in [-0.4, -0.2) is 57.7 Å².